The number of nitrogens with one attached hydrogen (secondary N) is 3. The third-order valence-electron chi connectivity index (χ3n) is 4.30. The van der Waals surface area contributed by atoms with E-state index in [-0.39, 0.29) is 11.8 Å². The van der Waals surface area contributed by atoms with Crippen LogP contribution in [0.5, 0.6) is 0 Å². The summed E-state index contributed by atoms with van der Waals surface area (Å²) in [5.41, 5.74) is 3.85. The SMILES string of the molecule is CC(=O)Nc1ccc(NC(C(=O)Nc2ccc(C)cc2)c2ccccc2)cc1Cl. The lowest BCUT2D eigenvalue weighted by molar-refractivity contribution is -0.117. The van der Waals surface area contributed by atoms with Crippen LogP contribution in [-0.4, -0.2) is 11.8 Å². The summed E-state index contributed by atoms with van der Waals surface area (Å²) in [5.74, 6) is -0.394. The molecule has 1 unspecified atom stereocenters. The van der Waals surface area contributed by atoms with E-state index >= 15 is 0 Å². The fourth-order valence-corrected chi connectivity index (χ4v) is 3.09. The molecule has 3 aromatic carbocycles. The molecular weight excluding hydrogens is 386 g/mol. The highest BCUT2D eigenvalue weighted by Crippen LogP contribution is 2.28. The number of aryl methyl sites for hydroxylation is 1. The van der Waals surface area contributed by atoms with Gasteiger partial charge in [-0.3, -0.25) is 9.59 Å². The largest absolute Gasteiger partial charge is 0.370 e. The first-order valence-corrected chi connectivity index (χ1v) is 9.56. The highest BCUT2D eigenvalue weighted by Gasteiger charge is 2.21. The lowest BCUT2D eigenvalue weighted by Crippen LogP contribution is -2.27. The standard InChI is InChI=1S/C23H22ClN3O2/c1-15-8-10-18(11-9-15)27-23(29)22(17-6-4-3-5-7-17)26-19-12-13-21(20(24)14-19)25-16(2)28/h3-14,22,26H,1-2H3,(H,25,28)(H,27,29). The van der Waals surface area contributed by atoms with Gasteiger partial charge >= 0.3 is 0 Å². The summed E-state index contributed by atoms with van der Waals surface area (Å²) in [6, 6.07) is 21.6. The van der Waals surface area contributed by atoms with Crippen molar-refractivity contribution in [2.45, 2.75) is 19.9 Å². The van der Waals surface area contributed by atoms with E-state index in [0.29, 0.717) is 16.4 Å². The zero-order valence-electron chi connectivity index (χ0n) is 16.2. The molecule has 0 radical (unpaired) electrons. The number of anilines is 3. The van der Waals surface area contributed by atoms with E-state index in [1.165, 1.54) is 6.92 Å². The van der Waals surface area contributed by atoms with Gasteiger partial charge in [-0.2, -0.15) is 0 Å². The Morgan fingerprint density at radius 3 is 2.14 bits per heavy atom. The average Bonchev–Trinajstić information content (AvgIpc) is 2.70. The molecule has 3 N–H and O–H groups in total. The van der Waals surface area contributed by atoms with Crippen LogP contribution < -0.4 is 16.0 Å². The zero-order valence-corrected chi connectivity index (χ0v) is 17.0. The summed E-state index contributed by atoms with van der Waals surface area (Å²) in [4.78, 5) is 24.3. The van der Waals surface area contributed by atoms with Crippen LogP contribution in [0.4, 0.5) is 17.1 Å². The lowest BCUT2D eigenvalue weighted by Gasteiger charge is -2.21. The maximum absolute atomic E-state index is 13.0. The van der Waals surface area contributed by atoms with E-state index in [1.54, 1.807) is 18.2 Å². The molecule has 148 valence electrons. The minimum atomic E-state index is -0.625. The third kappa shape index (κ3) is 5.59. The number of hydrogen-bond donors (Lipinski definition) is 3. The second kappa shape index (κ2) is 9.26. The molecule has 0 heterocycles. The van der Waals surface area contributed by atoms with Crippen molar-refractivity contribution in [1.29, 1.82) is 0 Å². The summed E-state index contributed by atoms with van der Waals surface area (Å²) < 4.78 is 0. The van der Waals surface area contributed by atoms with Crippen molar-refractivity contribution in [1.82, 2.24) is 0 Å². The molecule has 0 saturated carbocycles. The van der Waals surface area contributed by atoms with Crippen LogP contribution in [0.3, 0.4) is 0 Å². The van der Waals surface area contributed by atoms with Gasteiger partial charge < -0.3 is 16.0 Å². The molecule has 1 atom stereocenters. The number of carbonyl (C=O) groups is 2. The number of hydrogen-bond acceptors (Lipinski definition) is 3. The van der Waals surface area contributed by atoms with Crippen molar-refractivity contribution in [3.63, 3.8) is 0 Å². The van der Waals surface area contributed by atoms with E-state index < -0.39 is 6.04 Å². The highest BCUT2D eigenvalue weighted by atomic mass is 35.5. The van der Waals surface area contributed by atoms with Crippen molar-refractivity contribution in [2.75, 3.05) is 16.0 Å². The molecular formula is C23H22ClN3O2. The molecule has 2 amide bonds. The molecule has 0 aliphatic heterocycles. The number of carbonyl (C=O) groups excluding carboxylic acids is 2. The average molecular weight is 408 g/mol. The minimum absolute atomic E-state index is 0.192. The lowest BCUT2D eigenvalue weighted by atomic mass is 10.1. The maximum Gasteiger partial charge on any atom is 0.251 e. The van der Waals surface area contributed by atoms with Crippen molar-refractivity contribution in [3.8, 4) is 0 Å². The zero-order chi connectivity index (χ0) is 20.8. The normalized spacial score (nSPS) is 11.4. The third-order valence-corrected chi connectivity index (χ3v) is 4.62. The van der Waals surface area contributed by atoms with Gasteiger partial charge in [-0.05, 0) is 42.8 Å². The molecule has 0 aromatic heterocycles. The topological polar surface area (TPSA) is 70.2 Å². The molecule has 5 nitrogen and oxygen atoms in total. The van der Waals surface area contributed by atoms with Crippen molar-refractivity contribution >= 4 is 40.5 Å². The smallest absolute Gasteiger partial charge is 0.251 e. The Bertz CT molecular complexity index is 1000. The van der Waals surface area contributed by atoms with Gasteiger partial charge in [0, 0.05) is 18.3 Å². The molecule has 6 heteroatoms. The predicted octanol–water partition coefficient (Wildman–Crippen LogP) is 5.40. The minimum Gasteiger partial charge on any atom is -0.370 e. The van der Waals surface area contributed by atoms with Crippen LogP contribution >= 0.6 is 11.6 Å². The molecule has 0 spiro atoms. The summed E-state index contributed by atoms with van der Waals surface area (Å²) in [7, 11) is 0. The van der Waals surface area contributed by atoms with E-state index in [1.807, 2.05) is 61.5 Å². The van der Waals surface area contributed by atoms with Crippen LogP contribution in [0.1, 0.15) is 24.1 Å². The van der Waals surface area contributed by atoms with E-state index in [4.69, 9.17) is 11.6 Å². The Morgan fingerprint density at radius 1 is 0.862 bits per heavy atom. The Labute approximate surface area is 175 Å². The van der Waals surface area contributed by atoms with E-state index in [9.17, 15) is 9.59 Å². The predicted molar refractivity (Wildman–Crippen MR) is 118 cm³/mol. The van der Waals surface area contributed by atoms with Crippen molar-refractivity contribution in [2.24, 2.45) is 0 Å². The molecule has 0 aliphatic rings. The van der Waals surface area contributed by atoms with Gasteiger partial charge in [-0.15, -0.1) is 0 Å². The molecule has 3 aromatic rings. The molecule has 3 rings (SSSR count). The molecule has 0 aliphatic carbocycles. The van der Waals surface area contributed by atoms with Crippen molar-refractivity contribution in [3.05, 3.63) is 88.9 Å². The number of benzene rings is 3. The van der Waals surface area contributed by atoms with E-state index in [0.717, 1.165) is 16.8 Å². The molecule has 0 bridgehead atoms. The van der Waals surface area contributed by atoms with E-state index in [2.05, 4.69) is 16.0 Å². The summed E-state index contributed by atoms with van der Waals surface area (Å²) in [6.45, 7) is 3.41. The van der Waals surface area contributed by atoms with Gasteiger partial charge in [0.25, 0.3) is 5.91 Å². The quantitative estimate of drug-likeness (QED) is 0.512. The van der Waals surface area contributed by atoms with Crippen LogP contribution in [0.15, 0.2) is 72.8 Å². The van der Waals surface area contributed by atoms with Gasteiger partial charge in [-0.1, -0.05) is 59.6 Å². The van der Waals surface area contributed by atoms with Crippen LogP contribution in [0, 0.1) is 6.92 Å². The maximum atomic E-state index is 13.0. The molecule has 0 fully saturated rings. The first-order valence-electron chi connectivity index (χ1n) is 9.18. The monoisotopic (exact) mass is 407 g/mol. The number of halogens is 1. The van der Waals surface area contributed by atoms with Gasteiger partial charge in [0.15, 0.2) is 0 Å². The van der Waals surface area contributed by atoms with Gasteiger partial charge in [-0.25, -0.2) is 0 Å². The van der Waals surface area contributed by atoms with Crippen LogP contribution in [-0.2, 0) is 9.59 Å². The number of amides is 2. The first kappa shape index (κ1) is 20.4. The van der Waals surface area contributed by atoms with Crippen molar-refractivity contribution < 1.29 is 9.59 Å². The molecule has 29 heavy (non-hydrogen) atoms. The Hall–Kier alpha value is -3.31. The fourth-order valence-electron chi connectivity index (χ4n) is 2.86. The summed E-state index contributed by atoms with van der Waals surface area (Å²) in [6.07, 6.45) is 0. The number of rotatable bonds is 6. The second-order valence-corrected chi connectivity index (χ2v) is 7.13. The van der Waals surface area contributed by atoms with Crippen LogP contribution in [0.2, 0.25) is 5.02 Å². The van der Waals surface area contributed by atoms with Crippen LogP contribution in [0.25, 0.3) is 0 Å². The first-order chi connectivity index (χ1) is 13.9. The van der Waals surface area contributed by atoms with Gasteiger partial charge in [0.05, 0.1) is 10.7 Å². The second-order valence-electron chi connectivity index (χ2n) is 6.72. The van der Waals surface area contributed by atoms with Gasteiger partial charge in [0.2, 0.25) is 5.91 Å². The summed E-state index contributed by atoms with van der Waals surface area (Å²) >= 11 is 6.27. The Morgan fingerprint density at radius 2 is 1.52 bits per heavy atom. The van der Waals surface area contributed by atoms with Gasteiger partial charge in [0.1, 0.15) is 6.04 Å². The molecule has 0 saturated heterocycles. The Balaban J connectivity index is 1.84. The fraction of sp³-hybridized carbons (Fsp3) is 0.130. The highest BCUT2D eigenvalue weighted by molar-refractivity contribution is 6.34. The Kier molecular flexibility index (Phi) is 6.52. The summed E-state index contributed by atoms with van der Waals surface area (Å²) in [5, 5.41) is 9.24.